The molecule has 4 heteroatoms. The summed E-state index contributed by atoms with van der Waals surface area (Å²) < 4.78 is 0.125. The number of nitrogens with one attached hydrogen (secondary N) is 1. The second-order valence-corrected chi connectivity index (χ2v) is 7.45. The van der Waals surface area contributed by atoms with Gasteiger partial charge in [-0.2, -0.15) is 0 Å². The van der Waals surface area contributed by atoms with Crippen LogP contribution in [0.5, 0.6) is 0 Å². The first-order valence-corrected chi connectivity index (χ1v) is 4.50. The quantitative estimate of drug-likeness (QED) is 0.654. The Bertz CT molecular complexity index is 67.3. The second-order valence-electron chi connectivity index (χ2n) is 1.35. The number of halogens is 2. The largest absolute Gasteiger partial charge is 0.305 e. The molecule has 1 rings (SSSR count). The highest BCUT2D eigenvalue weighted by Crippen LogP contribution is 2.40. The van der Waals surface area contributed by atoms with Crippen molar-refractivity contribution >= 4 is 43.6 Å². The van der Waals surface area contributed by atoms with Gasteiger partial charge in [-0.05, 0) is 0 Å². The van der Waals surface area contributed by atoms with Crippen molar-refractivity contribution in [3.8, 4) is 0 Å². The van der Waals surface area contributed by atoms with Gasteiger partial charge in [0.15, 0.2) is 0 Å². The summed E-state index contributed by atoms with van der Waals surface area (Å²) in [4.78, 5) is 0. The van der Waals surface area contributed by atoms with E-state index in [-0.39, 0.29) is 2.57 Å². The Morgan fingerprint density at radius 3 is 2.43 bits per heavy atom. The van der Waals surface area contributed by atoms with E-state index in [0.717, 1.165) is 12.4 Å². The standard InChI is InChI=1S/C3H5Br2NS/c4-3(5)1-6-2-7-3/h6H,1-2H2. The minimum atomic E-state index is 0.125. The monoisotopic (exact) mass is 245 g/mol. The minimum absolute atomic E-state index is 0.125. The maximum atomic E-state index is 3.46. The molecule has 0 aromatic carbocycles. The summed E-state index contributed by atoms with van der Waals surface area (Å²) >= 11 is 8.74. The molecule has 1 aliphatic heterocycles. The smallest absolute Gasteiger partial charge is 0.139 e. The Labute approximate surface area is 63.9 Å². The van der Waals surface area contributed by atoms with E-state index in [9.17, 15) is 0 Å². The van der Waals surface area contributed by atoms with E-state index in [4.69, 9.17) is 0 Å². The van der Waals surface area contributed by atoms with Crippen molar-refractivity contribution in [3.05, 3.63) is 0 Å². The predicted octanol–water partition coefficient (Wildman–Crippen LogP) is 1.72. The molecule has 0 unspecified atom stereocenters. The lowest BCUT2D eigenvalue weighted by Gasteiger charge is -2.06. The van der Waals surface area contributed by atoms with Crippen LogP contribution < -0.4 is 5.32 Å². The molecule has 0 radical (unpaired) electrons. The van der Waals surface area contributed by atoms with Gasteiger partial charge in [0, 0.05) is 12.4 Å². The fourth-order valence-electron chi connectivity index (χ4n) is 0.404. The van der Waals surface area contributed by atoms with Gasteiger partial charge in [-0.25, -0.2) is 0 Å². The molecule has 1 heterocycles. The van der Waals surface area contributed by atoms with Crippen molar-refractivity contribution in [2.24, 2.45) is 0 Å². The van der Waals surface area contributed by atoms with E-state index >= 15 is 0 Å². The first-order valence-electron chi connectivity index (χ1n) is 1.93. The van der Waals surface area contributed by atoms with Crippen LogP contribution in [0.1, 0.15) is 0 Å². The molecule has 0 amide bonds. The molecule has 1 nitrogen and oxygen atoms in total. The molecule has 1 aliphatic rings. The summed E-state index contributed by atoms with van der Waals surface area (Å²) in [6.07, 6.45) is 0. The highest BCUT2D eigenvalue weighted by atomic mass is 79.9. The predicted molar refractivity (Wildman–Crippen MR) is 41.0 cm³/mol. The zero-order valence-electron chi connectivity index (χ0n) is 3.58. The summed E-state index contributed by atoms with van der Waals surface area (Å²) in [5, 5.41) is 3.18. The Balaban J connectivity index is 2.40. The van der Waals surface area contributed by atoms with Crippen LogP contribution in [0.15, 0.2) is 0 Å². The van der Waals surface area contributed by atoms with Crippen LogP contribution in [0.2, 0.25) is 0 Å². The van der Waals surface area contributed by atoms with Crippen LogP contribution in [-0.2, 0) is 0 Å². The van der Waals surface area contributed by atoms with Gasteiger partial charge in [0.05, 0.1) is 0 Å². The summed E-state index contributed by atoms with van der Waals surface area (Å²) in [7, 11) is 0. The van der Waals surface area contributed by atoms with Crippen molar-refractivity contribution in [2.75, 3.05) is 12.4 Å². The van der Waals surface area contributed by atoms with E-state index < -0.39 is 0 Å². The Morgan fingerprint density at radius 1 is 1.57 bits per heavy atom. The van der Waals surface area contributed by atoms with E-state index in [1.807, 2.05) is 11.8 Å². The molecule has 1 saturated heterocycles. The van der Waals surface area contributed by atoms with Gasteiger partial charge in [-0.3, -0.25) is 0 Å². The fourth-order valence-corrected chi connectivity index (χ4v) is 2.11. The van der Waals surface area contributed by atoms with Crippen molar-refractivity contribution in [1.29, 1.82) is 0 Å². The van der Waals surface area contributed by atoms with Gasteiger partial charge in [0.2, 0.25) is 0 Å². The van der Waals surface area contributed by atoms with Crippen LogP contribution in [0.25, 0.3) is 0 Å². The van der Waals surface area contributed by atoms with E-state index in [1.165, 1.54) is 0 Å². The number of rotatable bonds is 0. The van der Waals surface area contributed by atoms with Crippen LogP contribution in [-0.4, -0.2) is 15.0 Å². The lowest BCUT2D eigenvalue weighted by atomic mass is 10.8. The van der Waals surface area contributed by atoms with Crippen LogP contribution in [0.3, 0.4) is 0 Å². The molecule has 0 saturated carbocycles. The van der Waals surface area contributed by atoms with Gasteiger partial charge in [-0.1, -0.05) is 31.9 Å². The lowest BCUT2D eigenvalue weighted by molar-refractivity contribution is 0.861. The van der Waals surface area contributed by atoms with E-state index in [2.05, 4.69) is 37.2 Å². The summed E-state index contributed by atoms with van der Waals surface area (Å²) in [6.45, 7) is 0.998. The van der Waals surface area contributed by atoms with E-state index in [1.54, 1.807) is 0 Å². The Morgan fingerprint density at radius 2 is 2.29 bits per heavy atom. The third-order valence-corrected chi connectivity index (χ3v) is 3.57. The maximum Gasteiger partial charge on any atom is 0.139 e. The highest BCUT2D eigenvalue weighted by Gasteiger charge is 2.27. The fraction of sp³-hybridized carbons (Fsp3) is 1.00. The SMILES string of the molecule is BrC1(Br)CNCS1. The van der Waals surface area contributed by atoms with Gasteiger partial charge in [0.25, 0.3) is 0 Å². The molecule has 0 spiro atoms. The molecule has 1 fully saturated rings. The summed E-state index contributed by atoms with van der Waals surface area (Å²) in [5.41, 5.74) is 0. The van der Waals surface area contributed by atoms with Gasteiger partial charge in [-0.15, -0.1) is 11.8 Å². The molecule has 0 bridgehead atoms. The normalized spacial score (nSPS) is 28.3. The molecular weight excluding hydrogens is 242 g/mol. The van der Waals surface area contributed by atoms with Crippen LogP contribution >= 0.6 is 43.6 Å². The van der Waals surface area contributed by atoms with Crippen molar-refractivity contribution in [1.82, 2.24) is 5.32 Å². The van der Waals surface area contributed by atoms with Crippen molar-refractivity contribution in [2.45, 2.75) is 2.57 Å². The molecular formula is C3H5Br2NS. The lowest BCUT2D eigenvalue weighted by Crippen LogP contribution is -2.14. The maximum absolute atomic E-state index is 3.46. The second kappa shape index (κ2) is 2.25. The average molecular weight is 247 g/mol. The number of hydrogen-bond donors (Lipinski definition) is 1. The third kappa shape index (κ3) is 1.91. The number of hydrogen-bond acceptors (Lipinski definition) is 2. The first kappa shape index (κ1) is 6.39. The first-order chi connectivity index (χ1) is 3.21. The average Bonchev–Trinajstić information content (AvgIpc) is 1.84. The Hall–Kier alpha value is 1.27. The highest BCUT2D eigenvalue weighted by molar-refractivity contribution is 9.28. The van der Waals surface area contributed by atoms with Crippen molar-refractivity contribution in [3.63, 3.8) is 0 Å². The number of alkyl halides is 2. The third-order valence-electron chi connectivity index (χ3n) is 0.716. The summed E-state index contributed by atoms with van der Waals surface area (Å²) in [6, 6.07) is 0. The van der Waals surface area contributed by atoms with Gasteiger partial charge in [0.1, 0.15) is 2.57 Å². The summed E-state index contributed by atoms with van der Waals surface area (Å²) in [5.74, 6) is 1.04. The van der Waals surface area contributed by atoms with Crippen LogP contribution in [0, 0.1) is 0 Å². The number of thioether (sulfide) groups is 1. The molecule has 0 aromatic rings. The zero-order chi connectivity index (χ0) is 5.33. The molecule has 42 valence electrons. The molecule has 7 heavy (non-hydrogen) atoms. The molecule has 0 aliphatic carbocycles. The molecule has 1 N–H and O–H groups in total. The van der Waals surface area contributed by atoms with E-state index in [0.29, 0.717) is 0 Å². The molecule has 0 aromatic heterocycles. The zero-order valence-corrected chi connectivity index (χ0v) is 7.57. The van der Waals surface area contributed by atoms with Gasteiger partial charge < -0.3 is 5.32 Å². The van der Waals surface area contributed by atoms with Crippen LogP contribution in [0.4, 0.5) is 0 Å². The van der Waals surface area contributed by atoms with Crippen molar-refractivity contribution < 1.29 is 0 Å². The molecule has 0 atom stereocenters. The topological polar surface area (TPSA) is 12.0 Å². The Kier molecular flexibility index (Phi) is 2.05. The van der Waals surface area contributed by atoms with Gasteiger partial charge >= 0.3 is 0 Å². The minimum Gasteiger partial charge on any atom is -0.305 e.